The maximum Gasteiger partial charge on any atom is 0.326 e. The summed E-state index contributed by atoms with van der Waals surface area (Å²) in [6.07, 6.45) is 0.543. The second-order valence-corrected chi connectivity index (χ2v) is 19.5. The Labute approximate surface area is 428 Å². The van der Waals surface area contributed by atoms with E-state index in [1.54, 1.807) is 30.3 Å². The zero-order valence-electron chi connectivity index (χ0n) is 37.8. The van der Waals surface area contributed by atoms with Crippen LogP contribution in [0.3, 0.4) is 0 Å². The third-order valence-electron chi connectivity index (χ3n) is 10.4. The molecule has 72 heavy (non-hydrogen) atoms. The number of aliphatic hydroxyl groups excluding tert-OH is 1. The van der Waals surface area contributed by atoms with Gasteiger partial charge in [0.1, 0.15) is 29.5 Å². The van der Waals surface area contributed by atoms with Gasteiger partial charge in [0.2, 0.25) is 0 Å². The van der Waals surface area contributed by atoms with E-state index in [1.165, 1.54) is 82.5 Å². The largest absolute Gasteiger partial charge is 0.480 e. The Morgan fingerprint density at radius 1 is 0.500 bits per heavy atom. The predicted molar refractivity (Wildman–Crippen MR) is 279 cm³/mol. The molecule has 0 saturated heterocycles. The molecule has 7 N–H and O–H groups in total. The number of carboxylic acid groups (broad SMARTS) is 2. The maximum atomic E-state index is 13.2. The molecular formula is C54H45ClF3N3O8S3. The highest BCUT2D eigenvalue weighted by molar-refractivity contribution is 7.22. The predicted octanol–water partition coefficient (Wildman–Crippen LogP) is 10.9. The lowest BCUT2D eigenvalue weighted by Gasteiger charge is -2.15. The van der Waals surface area contributed by atoms with Gasteiger partial charge in [0.15, 0.2) is 0 Å². The van der Waals surface area contributed by atoms with Crippen molar-refractivity contribution in [1.29, 1.82) is 0 Å². The summed E-state index contributed by atoms with van der Waals surface area (Å²) in [5, 5.41) is 35.3. The van der Waals surface area contributed by atoms with Crippen LogP contribution in [0.4, 0.5) is 13.2 Å². The Morgan fingerprint density at radius 2 is 0.889 bits per heavy atom. The third kappa shape index (κ3) is 16.1. The Hall–Kier alpha value is -7.25. The molecule has 0 spiro atoms. The monoisotopic (exact) mass is 1050 g/mol. The number of nitrogens with one attached hydrogen (secondary N) is 2. The number of carbonyl (C=O) groups is 5. The van der Waals surface area contributed by atoms with Crippen molar-refractivity contribution in [2.75, 3.05) is 6.61 Å². The Balaban J connectivity index is 0.000000164. The fourth-order valence-electron chi connectivity index (χ4n) is 6.97. The molecule has 0 aliphatic rings. The van der Waals surface area contributed by atoms with Crippen molar-refractivity contribution in [2.24, 2.45) is 5.73 Å². The summed E-state index contributed by atoms with van der Waals surface area (Å²) in [5.74, 6) is -4.04. The van der Waals surface area contributed by atoms with E-state index in [-0.39, 0.29) is 42.2 Å². The molecule has 9 rings (SSSR count). The molecule has 0 aliphatic heterocycles. The number of hydrogen-bond acceptors (Lipinski definition) is 10. The van der Waals surface area contributed by atoms with Gasteiger partial charge in [0, 0.05) is 20.5 Å². The quantitative estimate of drug-likeness (QED) is 0.0574. The first-order valence-corrected chi connectivity index (χ1v) is 24.7. The minimum absolute atomic E-state index is 0.0176. The fourth-order valence-corrected chi connectivity index (χ4v) is 9.96. The van der Waals surface area contributed by atoms with Crippen molar-refractivity contribution < 1.29 is 52.5 Å². The number of aliphatic hydroxyl groups is 1. The van der Waals surface area contributed by atoms with E-state index in [0.29, 0.717) is 32.2 Å². The minimum Gasteiger partial charge on any atom is -0.480 e. The van der Waals surface area contributed by atoms with Gasteiger partial charge in [-0.1, -0.05) is 91.0 Å². The highest BCUT2D eigenvalue weighted by Crippen LogP contribution is 2.28. The van der Waals surface area contributed by atoms with Gasteiger partial charge in [0.05, 0.1) is 27.3 Å². The first-order valence-electron chi connectivity index (χ1n) is 21.9. The van der Waals surface area contributed by atoms with E-state index in [1.807, 2.05) is 84.9 Å². The van der Waals surface area contributed by atoms with Gasteiger partial charge in [-0.2, -0.15) is 0 Å². The molecule has 9 aromatic rings. The number of benzene rings is 6. The smallest absolute Gasteiger partial charge is 0.326 e. The van der Waals surface area contributed by atoms with E-state index < -0.39 is 41.8 Å². The number of thiophene rings is 3. The van der Waals surface area contributed by atoms with Crippen molar-refractivity contribution in [1.82, 2.24) is 10.6 Å². The highest BCUT2D eigenvalue weighted by Gasteiger charge is 2.23. The van der Waals surface area contributed by atoms with Crippen molar-refractivity contribution in [3.05, 3.63) is 213 Å². The van der Waals surface area contributed by atoms with Crippen LogP contribution in [0.25, 0.3) is 30.3 Å². The lowest BCUT2D eigenvalue weighted by atomic mass is 10.1. The second kappa shape index (κ2) is 26.3. The third-order valence-corrected chi connectivity index (χ3v) is 14.1. The standard InChI is InChI=1S/C18H14FNO3S.C18H16FNO2S.C9H5ClOS.C9H10FNO2/c19-13-6-3-4-11(8-13)9-14(18(22)23)20-17(21)16-10-12-5-1-2-7-15(12)24-16;19-14-6-3-4-12(8-14)9-15(11-21)20-18(22)17-10-13-5-1-2-7-16(13)23-17;10-9(11)8-5-6-3-1-2-4-7(6)12-8;10-7-3-1-2-6(4-7)5-8(11)9(12)13/h1-8,10,14H,9H2,(H,20,21)(H,22,23);1-8,10,15,21H,9,11H2,(H,20,22);1-5H;1-4,8H,5,11H2,(H,12,13)/t14-;15-;;8-/m11.1/s1. The molecule has 0 unspecified atom stereocenters. The summed E-state index contributed by atoms with van der Waals surface area (Å²) < 4.78 is 42.2. The molecule has 3 heterocycles. The maximum absolute atomic E-state index is 13.2. The number of carboxylic acids is 2. The number of nitrogens with two attached hydrogens (primary N) is 1. The Morgan fingerprint density at radius 3 is 1.28 bits per heavy atom. The normalized spacial score (nSPS) is 11.9. The number of carbonyl (C=O) groups excluding carboxylic acids is 3. The number of hydrogen-bond donors (Lipinski definition) is 6. The first kappa shape index (κ1) is 54.1. The summed E-state index contributed by atoms with van der Waals surface area (Å²) in [4.78, 5) is 58.9. The molecule has 3 aromatic heterocycles. The fraction of sp³-hybridized carbons (Fsp3) is 0.130. The molecular weight excluding hydrogens is 1010 g/mol. The van der Waals surface area contributed by atoms with Crippen LogP contribution in [0.5, 0.6) is 0 Å². The number of halogens is 4. The molecule has 6 aromatic carbocycles. The van der Waals surface area contributed by atoms with Crippen LogP contribution in [-0.2, 0) is 28.9 Å². The molecule has 3 atom stereocenters. The molecule has 0 bridgehead atoms. The highest BCUT2D eigenvalue weighted by atomic mass is 35.5. The summed E-state index contributed by atoms with van der Waals surface area (Å²) in [5.41, 5.74) is 7.12. The van der Waals surface area contributed by atoms with E-state index in [4.69, 9.17) is 22.4 Å². The van der Waals surface area contributed by atoms with Gasteiger partial charge in [-0.25, -0.2) is 18.0 Å². The van der Waals surface area contributed by atoms with Gasteiger partial charge in [-0.05, 0) is 130 Å². The van der Waals surface area contributed by atoms with Crippen LogP contribution in [0.15, 0.2) is 164 Å². The molecule has 370 valence electrons. The molecule has 2 amide bonds. The van der Waals surface area contributed by atoms with E-state index >= 15 is 0 Å². The van der Waals surface area contributed by atoms with Crippen LogP contribution >= 0.6 is 45.6 Å². The van der Waals surface area contributed by atoms with Crippen LogP contribution < -0.4 is 16.4 Å². The Bertz CT molecular complexity index is 3230. The van der Waals surface area contributed by atoms with Crippen molar-refractivity contribution in [3.8, 4) is 0 Å². The van der Waals surface area contributed by atoms with Crippen LogP contribution in [0.2, 0.25) is 0 Å². The zero-order chi connectivity index (χ0) is 51.7. The van der Waals surface area contributed by atoms with Crippen LogP contribution in [0.1, 0.15) is 45.7 Å². The second-order valence-electron chi connectivity index (χ2n) is 15.9. The van der Waals surface area contributed by atoms with Gasteiger partial charge in [-0.15, -0.1) is 34.0 Å². The van der Waals surface area contributed by atoms with Gasteiger partial charge in [0.25, 0.3) is 17.1 Å². The number of amides is 2. The van der Waals surface area contributed by atoms with Gasteiger partial charge < -0.3 is 31.7 Å². The van der Waals surface area contributed by atoms with Gasteiger partial charge >= 0.3 is 11.9 Å². The molecule has 0 fully saturated rings. The zero-order valence-corrected chi connectivity index (χ0v) is 41.1. The lowest BCUT2D eigenvalue weighted by Crippen LogP contribution is -2.42. The minimum atomic E-state index is -1.16. The van der Waals surface area contributed by atoms with Gasteiger partial charge in [-0.3, -0.25) is 19.2 Å². The van der Waals surface area contributed by atoms with Crippen molar-refractivity contribution in [2.45, 2.75) is 37.4 Å². The molecule has 0 radical (unpaired) electrons. The summed E-state index contributed by atoms with van der Waals surface area (Å²) in [6, 6.07) is 43.6. The average Bonchev–Trinajstić information content (AvgIpc) is 4.12. The molecule has 18 heteroatoms. The summed E-state index contributed by atoms with van der Waals surface area (Å²) >= 11 is 9.49. The first-order chi connectivity index (χ1) is 34.5. The van der Waals surface area contributed by atoms with Crippen molar-refractivity contribution in [3.63, 3.8) is 0 Å². The van der Waals surface area contributed by atoms with Crippen molar-refractivity contribution >= 4 is 105 Å². The Kier molecular flexibility index (Phi) is 19.7. The topological polar surface area (TPSA) is 196 Å². The molecule has 0 aliphatic carbocycles. The SMILES string of the molecule is N[C@H](Cc1cccc(F)c1)C(=O)O.O=C(Cl)c1cc2ccccc2s1.O=C(N[C@@H](CO)Cc1cccc(F)c1)c1cc2ccccc2s1.O=C(N[C@H](Cc1cccc(F)c1)C(=O)O)c1cc2ccccc2s1. The summed E-state index contributed by atoms with van der Waals surface area (Å²) in [7, 11) is 0. The number of fused-ring (bicyclic) bond motifs is 3. The van der Waals surface area contributed by atoms with E-state index in [0.717, 1.165) is 35.8 Å². The number of rotatable bonds is 14. The van der Waals surface area contributed by atoms with E-state index in [2.05, 4.69) is 10.6 Å². The molecule has 0 saturated carbocycles. The summed E-state index contributed by atoms with van der Waals surface area (Å²) in [6.45, 7) is -0.201. The lowest BCUT2D eigenvalue weighted by molar-refractivity contribution is -0.139. The number of aliphatic carboxylic acids is 2. The van der Waals surface area contributed by atoms with E-state index in [9.17, 15) is 47.4 Å². The molecule has 11 nitrogen and oxygen atoms in total. The van der Waals surface area contributed by atoms with Crippen LogP contribution in [-0.4, -0.2) is 69.0 Å². The van der Waals surface area contributed by atoms with Crippen LogP contribution in [0, 0.1) is 17.5 Å². The average molecular weight is 1050 g/mol.